The van der Waals surface area contributed by atoms with Gasteiger partial charge >= 0.3 is 11.9 Å². The van der Waals surface area contributed by atoms with Crippen molar-refractivity contribution in [2.45, 2.75) is 26.7 Å². The average Bonchev–Trinajstić information content (AvgIpc) is 2.38. The fraction of sp³-hybridized carbons (Fsp3) is 0.267. The van der Waals surface area contributed by atoms with Gasteiger partial charge in [0.2, 0.25) is 0 Å². The predicted molar refractivity (Wildman–Crippen MR) is 72.7 cm³/mol. The van der Waals surface area contributed by atoms with Gasteiger partial charge in [0.05, 0.1) is 5.57 Å². The molecule has 0 aliphatic heterocycles. The molecule has 0 aliphatic rings. The Morgan fingerprint density at radius 1 is 0.950 bits per heavy atom. The molecule has 0 amide bonds. The van der Waals surface area contributed by atoms with Crippen molar-refractivity contribution in [3.63, 3.8) is 0 Å². The second-order valence-corrected chi connectivity index (χ2v) is 4.39. The van der Waals surface area contributed by atoms with Crippen LogP contribution in [0.5, 0.6) is 0 Å². The SMILES string of the molecule is CC/C(C(=O)O)=C(/CC(=O)c1ccc(C)cc1)C(=O)O. The minimum Gasteiger partial charge on any atom is -0.478 e. The molecule has 0 aromatic heterocycles. The first-order chi connectivity index (χ1) is 9.36. The van der Waals surface area contributed by atoms with Crippen LogP contribution in [-0.2, 0) is 9.59 Å². The summed E-state index contributed by atoms with van der Waals surface area (Å²) in [4.78, 5) is 34.2. The van der Waals surface area contributed by atoms with Crippen LogP contribution in [0.4, 0.5) is 0 Å². The quantitative estimate of drug-likeness (QED) is 0.615. The molecule has 0 bridgehead atoms. The number of carbonyl (C=O) groups excluding carboxylic acids is 1. The molecule has 0 heterocycles. The lowest BCUT2D eigenvalue weighted by molar-refractivity contribution is -0.136. The van der Waals surface area contributed by atoms with E-state index >= 15 is 0 Å². The number of hydrogen-bond acceptors (Lipinski definition) is 3. The fourth-order valence-electron chi connectivity index (χ4n) is 1.81. The van der Waals surface area contributed by atoms with Gasteiger partial charge in [0, 0.05) is 17.6 Å². The van der Waals surface area contributed by atoms with Crippen LogP contribution in [0, 0.1) is 6.92 Å². The van der Waals surface area contributed by atoms with E-state index < -0.39 is 24.1 Å². The number of Topliss-reactive ketones (excluding diaryl/α,β-unsaturated/α-hetero) is 1. The Kier molecular flexibility index (Phi) is 5.20. The lowest BCUT2D eigenvalue weighted by Crippen LogP contribution is -2.14. The van der Waals surface area contributed by atoms with Crippen molar-refractivity contribution in [1.29, 1.82) is 0 Å². The number of hydrogen-bond donors (Lipinski definition) is 2. The Morgan fingerprint density at radius 2 is 1.45 bits per heavy atom. The molecule has 0 atom stereocenters. The van der Waals surface area contributed by atoms with Gasteiger partial charge < -0.3 is 10.2 Å². The van der Waals surface area contributed by atoms with Crippen molar-refractivity contribution in [2.75, 3.05) is 0 Å². The van der Waals surface area contributed by atoms with E-state index in [0.29, 0.717) is 5.56 Å². The summed E-state index contributed by atoms with van der Waals surface area (Å²) in [6.45, 7) is 3.42. The van der Waals surface area contributed by atoms with Crippen LogP contribution >= 0.6 is 0 Å². The highest BCUT2D eigenvalue weighted by Gasteiger charge is 2.21. The van der Waals surface area contributed by atoms with Crippen LogP contribution in [0.25, 0.3) is 0 Å². The van der Waals surface area contributed by atoms with E-state index in [4.69, 9.17) is 10.2 Å². The van der Waals surface area contributed by atoms with E-state index in [-0.39, 0.29) is 17.6 Å². The normalized spacial score (nSPS) is 11.7. The summed E-state index contributed by atoms with van der Waals surface area (Å²) in [6.07, 6.45) is -0.369. The molecule has 0 unspecified atom stereocenters. The van der Waals surface area contributed by atoms with E-state index in [9.17, 15) is 14.4 Å². The van der Waals surface area contributed by atoms with E-state index in [0.717, 1.165) is 5.56 Å². The van der Waals surface area contributed by atoms with Crippen LogP contribution < -0.4 is 0 Å². The van der Waals surface area contributed by atoms with Crippen LogP contribution in [0.2, 0.25) is 0 Å². The van der Waals surface area contributed by atoms with Gasteiger partial charge in [-0.25, -0.2) is 9.59 Å². The molecule has 0 radical (unpaired) electrons. The number of benzene rings is 1. The van der Waals surface area contributed by atoms with Gasteiger partial charge in [0.15, 0.2) is 5.78 Å². The summed E-state index contributed by atoms with van der Waals surface area (Å²) in [5, 5.41) is 18.1. The maximum atomic E-state index is 12.0. The molecule has 0 saturated heterocycles. The summed E-state index contributed by atoms with van der Waals surface area (Å²) in [5.41, 5.74) is 0.758. The number of ketones is 1. The van der Waals surface area contributed by atoms with Gasteiger partial charge in [-0.1, -0.05) is 36.8 Å². The van der Waals surface area contributed by atoms with Crippen molar-refractivity contribution >= 4 is 17.7 Å². The third-order valence-electron chi connectivity index (χ3n) is 2.95. The second kappa shape index (κ2) is 6.65. The maximum Gasteiger partial charge on any atom is 0.332 e. The molecule has 1 aromatic carbocycles. The first-order valence-corrected chi connectivity index (χ1v) is 6.15. The molecule has 5 nitrogen and oxygen atoms in total. The average molecular weight is 276 g/mol. The number of rotatable bonds is 6. The van der Waals surface area contributed by atoms with Crippen molar-refractivity contribution < 1.29 is 24.6 Å². The Bertz CT molecular complexity index is 566. The van der Waals surface area contributed by atoms with Gasteiger partial charge in [0.1, 0.15) is 0 Å². The Labute approximate surface area is 116 Å². The van der Waals surface area contributed by atoms with Crippen molar-refractivity contribution in [1.82, 2.24) is 0 Å². The Hall–Kier alpha value is -2.43. The van der Waals surface area contributed by atoms with Gasteiger partial charge in [-0.2, -0.15) is 0 Å². The molecule has 1 aromatic rings. The molecule has 1 rings (SSSR count). The summed E-state index contributed by atoms with van der Waals surface area (Å²) < 4.78 is 0. The van der Waals surface area contributed by atoms with Crippen molar-refractivity contribution in [3.05, 3.63) is 46.5 Å². The highest BCUT2D eigenvalue weighted by Crippen LogP contribution is 2.17. The third kappa shape index (κ3) is 3.78. The lowest BCUT2D eigenvalue weighted by Gasteiger charge is -2.07. The van der Waals surface area contributed by atoms with E-state index in [2.05, 4.69) is 0 Å². The van der Waals surface area contributed by atoms with Crippen LogP contribution in [0.15, 0.2) is 35.4 Å². The minimum atomic E-state index is -1.37. The monoisotopic (exact) mass is 276 g/mol. The molecule has 0 spiro atoms. The minimum absolute atomic E-state index is 0.0537. The lowest BCUT2D eigenvalue weighted by atomic mass is 9.97. The summed E-state index contributed by atoms with van der Waals surface area (Å²) in [5.74, 6) is -3.08. The maximum absolute atomic E-state index is 12.0. The summed E-state index contributed by atoms with van der Waals surface area (Å²) in [6, 6.07) is 6.69. The van der Waals surface area contributed by atoms with Crippen molar-refractivity contribution in [2.24, 2.45) is 0 Å². The van der Waals surface area contributed by atoms with Gasteiger partial charge in [-0.3, -0.25) is 4.79 Å². The molecule has 106 valence electrons. The zero-order valence-corrected chi connectivity index (χ0v) is 11.3. The van der Waals surface area contributed by atoms with Gasteiger partial charge in [-0.05, 0) is 13.3 Å². The van der Waals surface area contributed by atoms with E-state index in [1.807, 2.05) is 6.92 Å². The Morgan fingerprint density at radius 3 is 1.85 bits per heavy atom. The highest BCUT2D eigenvalue weighted by molar-refractivity contribution is 6.06. The van der Waals surface area contributed by atoms with E-state index in [1.165, 1.54) is 0 Å². The van der Waals surface area contributed by atoms with E-state index in [1.54, 1.807) is 31.2 Å². The van der Waals surface area contributed by atoms with Crippen LogP contribution in [0.3, 0.4) is 0 Å². The zero-order chi connectivity index (χ0) is 15.3. The van der Waals surface area contributed by atoms with Crippen LogP contribution in [-0.4, -0.2) is 27.9 Å². The molecular formula is C15H16O5. The molecular weight excluding hydrogens is 260 g/mol. The highest BCUT2D eigenvalue weighted by atomic mass is 16.4. The third-order valence-corrected chi connectivity index (χ3v) is 2.95. The molecule has 20 heavy (non-hydrogen) atoms. The Balaban J connectivity index is 3.09. The van der Waals surface area contributed by atoms with Crippen molar-refractivity contribution in [3.8, 4) is 0 Å². The van der Waals surface area contributed by atoms with Gasteiger partial charge in [-0.15, -0.1) is 0 Å². The molecule has 0 fully saturated rings. The second-order valence-electron chi connectivity index (χ2n) is 4.39. The number of aliphatic carboxylic acids is 2. The first kappa shape index (κ1) is 15.6. The topological polar surface area (TPSA) is 91.7 Å². The molecule has 5 heteroatoms. The summed E-state index contributed by atoms with van der Waals surface area (Å²) in [7, 11) is 0. The number of carbonyl (C=O) groups is 3. The predicted octanol–water partition coefficient (Wildman–Crippen LogP) is 2.44. The van der Waals surface area contributed by atoms with Gasteiger partial charge in [0.25, 0.3) is 0 Å². The largest absolute Gasteiger partial charge is 0.478 e. The number of carboxylic acid groups (broad SMARTS) is 2. The number of aryl methyl sites for hydroxylation is 1. The standard InChI is InChI=1S/C15H16O5/c1-3-11(14(17)18)12(15(19)20)8-13(16)10-6-4-9(2)5-7-10/h4-7H,3,8H2,1-2H3,(H,17,18)(H,19,20)/b12-11+. The fourth-order valence-corrected chi connectivity index (χ4v) is 1.81. The summed E-state index contributed by atoms with van der Waals surface area (Å²) >= 11 is 0. The number of carboxylic acids is 2. The first-order valence-electron chi connectivity index (χ1n) is 6.15. The molecule has 0 aliphatic carbocycles. The zero-order valence-electron chi connectivity index (χ0n) is 11.3. The molecule has 2 N–H and O–H groups in total. The molecule has 0 saturated carbocycles. The van der Waals surface area contributed by atoms with Crippen LogP contribution in [0.1, 0.15) is 35.7 Å². The smallest absolute Gasteiger partial charge is 0.332 e.